The summed E-state index contributed by atoms with van der Waals surface area (Å²) in [6, 6.07) is 8.24. The maximum atomic E-state index is 5.25. The van der Waals surface area contributed by atoms with Gasteiger partial charge in [0.15, 0.2) is 5.96 Å². The first-order valence-electron chi connectivity index (χ1n) is 7.87. The molecule has 4 heteroatoms. The number of rotatable bonds is 9. The minimum atomic E-state index is 0.912. The summed E-state index contributed by atoms with van der Waals surface area (Å²) >= 11 is 0. The van der Waals surface area contributed by atoms with Crippen molar-refractivity contribution in [3.05, 3.63) is 42.5 Å². The number of guanidine groups is 1. The Balaban J connectivity index is 2.30. The molecule has 0 radical (unpaired) electrons. The lowest BCUT2D eigenvalue weighted by Crippen LogP contribution is -2.39. The van der Waals surface area contributed by atoms with E-state index in [-0.39, 0.29) is 0 Å². The van der Waals surface area contributed by atoms with E-state index in [2.05, 4.69) is 41.0 Å². The molecular formula is C18H29N3O. The molecule has 1 aromatic carbocycles. The standard InChI is InChI=1S/C18H29N3O/c1-5-6-7-14-21(3)18(19-2)20-13-9-11-16-10-8-12-17(15-16)22-4/h5,8,10,12,15H,1,6-7,9,11,13-14H2,2-4H3,(H,19,20). The van der Waals surface area contributed by atoms with Gasteiger partial charge in [0.1, 0.15) is 5.75 Å². The van der Waals surface area contributed by atoms with Crippen LogP contribution in [0.2, 0.25) is 0 Å². The monoisotopic (exact) mass is 303 g/mol. The largest absolute Gasteiger partial charge is 0.497 e. The van der Waals surface area contributed by atoms with Gasteiger partial charge in [0, 0.05) is 27.2 Å². The van der Waals surface area contributed by atoms with Crippen LogP contribution in [0.1, 0.15) is 24.8 Å². The molecule has 0 atom stereocenters. The predicted octanol–water partition coefficient (Wildman–Crippen LogP) is 3.10. The highest BCUT2D eigenvalue weighted by Crippen LogP contribution is 2.13. The van der Waals surface area contributed by atoms with E-state index in [0.29, 0.717) is 0 Å². The Morgan fingerprint density at radius 1 is 1.41 bits per heavy atom. The number of nitrogens with one attached hydrogen (secondary N) is 1. The Morgan fingerprint density at radius 3 is 2.91 bits per heavy atom. The van der Waals surface area contributed by atoms with Crippen molar-refractivity contribution in [2.45, 2.75) is 25.7 Å². The fourth-order valence-electron chi connectivity index (χ4n) is 2.28. The number of allylic oxidation sites excluding steroid dienone is 1. The average molecular weight is 303 g/mol. The number of aryl methyl sites for hydroxylation is 1. The first kappa shape index (κ1) is 18.1. The van der Waals surface area contributed by atoms with Gasteiger partial charge in [-0.2, -0.15) is 0 Å². The van der Waals surface area contributed by atoms with Crippen LogP contribution < -0.4 is 10.1 Å². The van der Waals surface area contributed by atoms with Gasteiger partial charge in [-0.05, 0) is 43.4 Å². The van der Waals surface area contributed by atoms with Crippen LogP contribution in [-0.2, 0) is 6.42 Å². The molecule has 0 aliphatic carbocycles. The molecule has 0 unspecified atom stereocenters. The second-order valence-corrected chi connectivity index (χ2v) is 5.28. The normalized spacial score (nSPS) is 11.1. The number of benzene rings is 1. The summed E-state index contributed by atoms with van der Waals surface area (Å²) < 4.78 is 5.25. The number of nitrogens with zero attached hydrogens (tertiary/aromatic N) is 2. The van der Waals surface area contributed by atoms with Crippen molar-refractivity contribution in [1.29, 1.82) is 0 Å². The molecule has 1 N–H and O–H groups in total. The molecule has 0 bridgehead atoms. The Labute approximate surface area is 134 Å². The molecule has 4 nitrogen and oxygen atoms in total. The molecule has 0 heterocycles. The minimum absolute atomic E-state index is 0.912. The smallest absolute Gasteiger partial charge is 0.193 e. The number of hydrogen-bond acceptors (Lipinski definition) is 2. The Kier molecular flexibility index (Phi) is 8.80. The van der Waals surface area contributed by atoms with Crippen LogP contribution in [0, 0.1) is 0 Å². The van der Waals surface area contributed by atoms with Crippen molar-refractivity contribution >= 4 is 5.96 Å². The van der Waals surface area contributed by atoms with E-state index in [1.807, 2.05) is 25.3 Å². The quantitative estimate of drug-likeness (QED) is 0.330. The molecule has 0 aliphatic heterocycles. The van der Waals surface area contributed by atoms with Crippen LogP contribution in [0.5, 0.6) is 5.75 Å². The zero-order valence-electron chi connectivity index (χ0n) is 14.1. The summed E-state index contributed by atoms with van der Waals surface area (Å²) in [5.41, 5.74) is 1.30. The maximum absolute atomic E-state index is 5.25. The second kappa shape index (κ2) is 10.7. The number of ether oxygens (including phenoxy) is 1. The van der Waals surface area contributed by atoms with E-state index >= 15 is 0 Å². The third-order valence-electron chi connectivity index (χ3n) is 3.53. The summed E-state index contributed by atoms with van der Waals surface area (Å²) in [6.07, 6.45) is 6.19. The summed E-state index contributed by atoms with van der Waals surface area (Å²) in [6.45, 7) is 5.65. The van der Waals surface area contributed by atoms with Gasteiger partial charge in [-0.15, -0.1) is 6.58 Å². The lowest BCUT2D eigenvalue weighted by Gasteiger charge is -2.21. The SMILES string of the molecule is C=CCCCN(C)C(=NC)NCCCc1cccc(OC)c1. The van der Waals surface area contributed by atoms with Crippen molar-refractivity contribution in [3.8, 4) is 5.75 Å². The van der Waals surface area contributed by atoms with Crippen LogP contribution in [0.25, 0.3) is 0 Å². The van der Waals surface area contributed by atoms with Gasteiger partial charge in [-0.3, -0.25) is 4.99 Å². The lowest BCUT2D eigenvalue weighted by molar-refractivity contribution is 0.414. The van der Waals surface area contributed by atoms with Crippen LogP contribution in [0.4, 0.5) is 0 Å². The summed E-state index contributed by atoms with van der Waals surface area (Å²) in [7, 11) is 5.60. The molecule has 1 aromatic rings. The molecule has 1 rings (SSSR count). The third kappa shape index (κ3) is 6.66. The van der Waals surface area contributed by atoms with E-state index in [9.17, 15) is 0 Å². The van der Waals surface area contributed by atoms with Gasteiger partial charge >= 0.3 is 0 Å². The summed E-state index contributed by atoms with van der Waals surface area (Å²) in [5, 5.41) is 3.41. The molecule has 0 saturated heterocycles. The molecule has 0 amide bonds. The van der Waals surface area contributed by atoms with Crippen LogP contribution in [0.3, 0.4) is 0 Å². The number of hydrogen-bond donors (Lipinski definition) is 1. The fourth-order valence-corrected chi connectivity index (χ4v) is 2.28. The van der Waals surface area contributed by atoms with Crippen molar-refractivity contribution < 1.29 is 4.74 Å². The third-order valence-corrected chi connectivity index (χ3v) is 3.53. The molecule has 22 heavy (non-hydrogen) atoms. The molecule has 0 aromatic heterocycles. The molecule has 0 aliphatic rings. The van der Waals surface area contributed by atoms with Gasteiger partial charge in [-0.25, -0.2) is 0 Å². The van der Waals surface area contributed by atoms with Gasteiger partial charge in [0.05, 0.1) is 7.11 Å². The van der Waals surface area contributed by atoms with E-state index in [1.165, 1.54) is 5.56 Å². The van der Waals surface area contributed by atoms with E-state index in [1.54, 1.807) is 7.11 Å². The Hall–Kier alpha value is -1.97. The lowest BCUT2D eigenvalue weighted by atomic mass is 10.1. The number of unbranched alkanes of at least 4 members (excludes halogenated alkanes) is 1. The minimum Gasteiger partial charge on any atom is -0.497 e. The van der Waals surface area contributed by atoms with Crippen molar-refractivity contribution in [3.63, 3.8) is 0 Å². The summed E-state index contributed by atoms with van der Waals surface area (Å²) in [4.78, 5) is 6.49. The fraction of sp³-hybridized carbons (Fsp3) is 0.500. The molecule has 122 valence electrons. The van der Waals surface area contributed by atoms with Crippen LogP contribution >= 0.6 is 0 Å². The van der Waals surface area contributed by atoms with Gasteiger partial charge in [0.2, 0.25) is 0 Å². The second-order valence-electron chi connectivity index (χ2n) is 5.28. The topological polar surface area (TPSA) is 36.9 Å². The van der Waals surface area contributed by atoms with Crippen molar-refractivity contribution in [1.82, 2.24) is 10.2 Å². The first-order chi connectivity index (χ1) is 10.7. The maximum Gasteiger partial charge on any atom is 0.193 e. The first-order valence-corrected chi connectivity index (χ1v) is 7.87. The van der Waals surface area contributed by atoms with E-state index in [4.69, 9.17) is 4.74 Å². The van der Waals surface area contributed by atoms with Crippen LogP contribution in [0.15, 0.2) is 41.9 Å². The van der Waals surface area contributed by atoms with Gasteiger partial charge < -0.3 is 15.0 Å². The Bertz CT molecular complexity index is 471. The molecule has 0 fully saturated rings. The molecular weight excluding hydrogens is 274 g/mol. The number of aliphatic imine (C=N–C) groups is 1. The zero-order valence-corrected chi connectivity index (χ0v) is 14.1. The molecule has 0 saturated carbocycles. The van der Waals surface area contributed by atoms with Gasteiger partial charge in [-0.1, -0.05) is 18.2 Å². The number of methoxy groups -OCH3 is 1. The van der Waals surface area contributed by atoms with Crippen molar-refractivity contribution in [2.75, 3.05) is 34.3 Å². The predicted molar refractivity (Wildman–Crippen MR) is 94.7 cm³/mol. The summed E-state index contributed by atoms with van der Waals surface area (Å²) in [5.74, 6) is 1.87. The van der Waals surface area contributed by atoms with Crippen LogP contribution in [-0.4, -0.2) is 45.2 Å². The Morgan fingerprint density at radius 2 is 2.23 bits per heavy atom. The van der Waals surface area contributed by atoms with E-state index in [0.717, 1.165) is 50.5 Å². The highest BCUT2D eigenvalue weighted by molar-refractivity contribution is 5.79. The average Bonchev–Trinajstić information content (AvgIpc) is 2.55. The highest BCUT2D eigenvalue weighted by atomic mass is 16.5. The van der Waals surface area contributed by atoms with Crippen molar-refractivity contribution in [2.24, 2.45) is 4.99 Å². The molecule has 0 spiro atoms. The van der Waals surface area contributed by atoms with Gasteiger partial charge in [0.25, 0.3) is 0 Å². The zero-order chi connectivity index (χ0) is 16.2. The van der Waals surface area contributed by atoms with E-state index < -0.39 is 0 Å². The highest BCUT2D eigenvalue weighted by Gasteiger charge is 2.04.